The van der Waals surface area contributed by atoms with E-state index < -0.39 is 52.4 Å². The molecule has 36 heavy (non-hydrogen) atoms. The molecule has 0 radical (unpaired) electrons. The van der Waals surface area contributed by atoms with Crippen LogP contribution in [0.2, 0.25) is 0 Å². The number of halogens is 6. The van der Waals surface area contributed by atoms with Gasteiger partial charge in [-0.2, -0.15) is 26.3 Å². The molecule has 5 nitrogen and oxygen atoms in total. The minimum atomic E-state index is -5.76. The first-order valence-electron chi connectivity index (χ1n) is 11.1. The summed E-state index contributed by atoms with van der Waals surface area (Å²) < 4.78 is 108. The number of amides is 1. The summed E-state index contributed by atoms with van der Waals surface area (Å²) in [4.78, 5) is 12.3. The Bertz CT molecular complexity index is 1050. The lowest BCUT2D eigenvalue weighted by Crippen LogP contribution is -2.56. The van der Waals surface area contributed by atoms with Gasteiger partial charge in [-0.25, -0.2) is 4.21 Å². The Morgan fingerprint density at radius 3 is 2.03 bits per heavy atom. The first kappa shape index (κ1) is 28.1. The predicted octanol–water partition coefficient (Wildman–Crippen LogP) is 6.29. The summed E-state index contributed by atoms with van der Waals surface area (Å²) in [6.45, 7) is 0.898. The van der Waals surface area contributed by atoms with Gasteiger partial charge in [0.2, 0.25) is 5.91 Å². The molecule has 0 aliphatic heterocycles. The smallest absolute Gasteiger partial charge is 0.354 e. The van der Waals surface area contributed by atoms with E-state index in [2.05, 4.69) is 10.1 Å². The average Bonchev–Trinajstić information content (AvgIpc) is 2.74. The highest BCUT2D eigenvalue weighted by Gasteiger charge is 2.73. The van der Waals surface area contributed by atoms with E-state index in [0.717, 1.165) is 18.6 Å². The highest BCUT2D eigenvalue weighted by molar-refractivity contribution is 7.79. The van der Waals surface area contributed by atoms with Crippen LogP contribution in [-0.4, -0.2) is 33.6 Å². The maximum Gasteiger partial charge on any atom is 0.430 e. The SMILES string of the molecule is CC(c1ccc(CC(=O)Nc2ccc(C(OCC3CCC3)(C(F)(F)F)C(F)(F)F)cc2)cc1)S(=O)O. The van der Waals surface area contributed by atoms with Crippen molar-refractivity contribution in [1.82, 2.24) is 0 Å². The van der Waals surface area contributed by atoms with Crippen LogP contribution in [0.25, 0.3) is 0 Å². The zero-order chi connectivity index (χ0) is 26.7. The van der Waals surface area contributed by atoms with E-state index >= 15 is 0 Å². The van der Waals surface area contributed by atoms with E-state index in [1.54, 1.807) is 31.2 Å². The predicted molar refractivity (Wildman–Crippen MR) is 121 cm³/mol. The number of hydrogen-bond donors (Lipinski definition) is 2. The lowest BCUT2D eigenvalue weighted by atomic mass is 9.85. The van der Waals surface area contributed by atoms with Crippen LogP contribution in [0.1, 0.15) is 48.1 Å². The molecular formula is C24H25F6NO4S. The molecule has 3 rings (SSSR count). The summed E-state index contributed by atoms with van der Waals surface area (Å²) in [7, 11) is 0. The van der Waals surface area contributed by atoms with Gasteiger partial charge in [0.1, 0.15) is 0 Å². The van der Waals surface area contributed by atoms with Gasteiger partial charge in [0.25, 0.3) is 5.60 Å². The maximum atomic E-state index is 13.9. The molecule has 2 atom stereocenters. The third-order valence-electron chi connectivity index (χ3n) is 6.25. The normalized spacial score (nSPS) is 16.8. The molecule has 1 amide bonds. The van der Waals surface area contributed by atoms with Crippen LogP contribution in [0.5, 0.6) is 0 Å². The molecule has 0 saturated heterocycles. The summed E-state index contributed by atoms with van der Waals surface area (Å²) in [6.07, 6.45) is -9.88. The van der Waals surface area contributed by atoms with Gasteiger partial charge >= 0.3 is 12.4 Å². The minimum absolute atomic E-state index is 0.0157. The minimum Gasteiger partial charge on any atom is -0.354 e. The Kier molecular flexibility index (Phi) is 8.51. The van der Waals surface area contributed by atoms with Crippen LogP contribution in [0.3, 0.4) is 0 Å². The highest BCUT2D eigenvalue weighted by atomic mass is 32.2. The van der Waals surface area contributed by atoms with Crippen LogP contribution >= 0.6 is 0 Å². The second-order valence-corrected chi connectivity index (χ2v) is 10.0. The molecule has 2 aromatic carbocycles. The summed E-state index contributed by atoms with van der Waals surface area (Å²) in [5.41, 5.74) is -4.43. The van der Waals surface area contributed by atoms with Gasteiger partial charge in [-0.05, 0) is 48.9 Å². The van der Waals surface area contributed by atoms with E-state index in [1.807, 2.05) is 0 Å². The quantitative estimate of drug-likeness (QED) is 0.291. The number of nitrogens with one attached hydrogen (secondary N) is 1. The standard InChI is InChI=1S/C24H25F6NO4S/c1-15(36(33)34)18-7-5-16(6-8-18)13-21(32)31-20-11-9-19(10-12-20)22(23(25,26)27,24(28,29)30)35-14-17-3-2-4-17/h5-12,15,17H,2-4,13-14H2,1H3,(H,31,32)(H,33,34). The number of benzene rings is 2. The fraction of sp³-hybridized carbons (Fsp3) is 0.458. The van der Waals surface area contributed by atoms with Crippen molar-refractivity contribution in [1.29, 1.82) is 0 Å². The number of carbonyl (C=O) groups excluding carboxylic acids is 1. The fourth-order valence-electron chi connectivity index (χ4n) is 3.84. The molecular weight excluding hydrogens is 512 g/mol. The van der Waals surface area contributed by atoms with Crippen LogP contribution in [0.15, 0.2) is 48.5 Å². The first-order valence-corrected chi connectivity index (χ1v) is 12.3. The van der Waals surface area contributed by atoms with Crippen LogP contribution in [0.4, 0.5) is 32.0 Å². The van der Waals surface area contributed by atoms with E-state index in [4.69, 9.17) is 4.55 Å². The lowest BCUT2D eigenvalue weighted by molar-refractivity contribution is -0.392. The van der Waals surface area contributed by atoms with E-state index in [-0.39, 0.29) is 18.0 Å². The van der Waals surface area contributed by atoms with Crippen molar-refractivity contribution in [2.24, 2.45) is 5.92 Å². The van der Waals surface area contributed by atoms with Gasteiger partial charge in [-0.15, -0.1) is 0 Å². The zero-order valence-corrected chi connectivity index (χ0v) is 20.0. The Balaban J connectivity index is 1.74. The van der Waals surface area contributed by atoms with Gasteiger partial charge in [0.15, 0.2) is 11.1 Å². The van der Waals surface area contributed by atoms with Crippen molar-refractivity contribution in [3.05, 3.63) is 65.2 Å². The number of hydrogen-bond acceptors (Lipinski definition) is 3. The fourth-order valence-corrected chi connectivity index (χ4v) is 4.23. The van der Waals surface area contributed by atoms with Crippen molar-refractivity contribution in [2.75, 3.05) is 11.9 Å². The Hall–Kier alpha value is -2.44. The number of carbonyl (C=O) groups is 1. The van der Waals surface area contributed by atoms with Gasteiger partial charge in [-0.3, -0.25) is 4.79 Å². The molecule has 2 N–H and O–H groups in total. The third-order valence-corrected chi connectivity index (χ3v) is 7.13. The van der Waals surface area contributed by atoms with Crippen LogP contribution < -0.4 is 5.32 Å². The summed E-state index contributed by atoms with van der Waals surface area (Å²) >= 11 is -2.06. The van der Waals surface area contributed by atoms with E-state index in [1.165, 1.54) is 0 Å². The number of ether oxygens (including phenoxy) is 1. The van der Waals surface area contributed by atoms with Crippen molar-refractivity contribution in [3.8, 4) is 0 Å². The number of rotatable bonds is 9. The summed E-state index contributed by atoms with van der Waals surface area (Å²) in [5.74, 6) is -0.899. The number of alkyl halides is 6. The first-order chi connectivity index (χ1) is 16.7. The van der Waals surface area contributed by atoms with Crippen molar-refractivity contribution in [2.45, 2.75) is 55.8 Å². The zero-order valence-electron chi connectivity index (χ0n) is 19.2. The second kappa shape index (κ2) is 10.9. The molecule has 198 valence electrons. The molecule has 12 heteroatoms. The summed E-state index contributed by atoms with van der Waals surface area (Å²) in [6, 6.07) is 9.59. The number of anilines is 1. The highest BCUT2D eigenvalue weighted by Crippen LogP contribution is 2.53. The second-order valence-electron chi connectivity index (χ2n) is 8.75. The average molecular weight is 538 g/mol. The molecule has 1 aliphatic rings. The molecule has 0 bridgehead atoms. The molecule has 1 aliphatic carbocycles. The maximum absolute atomic E-state index is 13.9. The van der Waals surface area contributed by atoms with Gasteiger partial charge in [-0.1, -0.05) is 42.8 Å². The van der Waals surface area contributed by atoms with Crippen molar-refractivity contribution < 1.29 is 44.6 Å². The Morgan fingerprint density at radius 2 is 1.58 bits per heavy atom. The van der Waals surface area contributed by atoms with Crippen LogP contribution in [0, 0.1) is 5.92 Å². The van der Waals surface area contributed by atoms with Crippen LogP contribution in [-0.2, 0) is 32.6 Å². The third kappa shape index (κ3) is 6.09. The molecule has 2 aromatic rings. The molecule has 0 aromatic heterocycles. The molecule has 0 heterocycles. The van der Waals surface area contributed by atoms with Crippen molar-refractivity contribution >= 4 is 22.7 Å². The largest absolute Gasteiger partial charge is 0.430 e. The van der Waals surface area contributed by atoms with E-state index in [0.29, 0.717) is 36.1 Å². The van der Waals surface area contributed by atoms with Crippen molar-refractivity contribution in [3.63, 3.8) is 0 Å². The lowest BCUT2D eigenvalue weighted by Gasteiger charge is -2.39. The van der Waals surface area contributed by atoms with E-state index in [9.17, 15) is 35.3 Å². The Labute approximate surface area is 206 Å². The summed E-state index contributed by atoms with van der Waals surface area (Å²) in [5, 5.41) is 1.82. The topological polar surface area (TPSA) is 75.6 Å². The monoisotopic (exact) mass is 537 g/mol. The van der Waals surface area contributed by atoms with Gasteiger partial charge in [0.05, 0.1) is 18.3 Å². The molecule has 0 spiro atoms. The molecule has 2 unspecified atom stereocenters. The molecule has 1 fully saturated rings. The van der Waals surface area contributed by atoms with Gasteiger partial charge in [0, 0.05) is 11.3 Å². The van der Waals surface area contributed by atoms with Gasteiger partial charge < -0.3 is 14.6 Å². The Morgan fingerprint density at radius 1 is 1.03 bits per heavy atom. The molecule has 1 saturated carbocycles.